The molecule has 1 fully saturated rings. The number of carbonyl (C=O) groups excluding carboxylic acids is 1. The van der Waals surface area contributed by atoms with Crippen LogP contribution in [0.25, 0.3) is 0 Å². The van der Waals surface area contributed by atoms with Crippen molar-refractivity contribution in [2.75, 3.05) is 20.3 Å². The van der Waals surface area contributed by atoms with Gasteiger partial charge in [0.1, 0.15) is 0 Å². The average molecular weight is 249 g/mol. The molecule has 0 radical (unpaired) electrons. The van der Waals surface area contributed by atoms with Gasteiger partial charge in [0.25, 0.3) is 0 Å². The number of hydrogen-bond acceptors (Lipinski definition) is 4. The molecule has 0 saturated carbocycles. The van der Waals surface area contributed by atoms with Gasteiger partial charge in [0.05, 0.1) is 13.7 Å². The summed E-state index contributed by atoms with van der Waals surface area (Å²) >= 11 is 0. The molecular formula is C14H19NO3. The summed E-state index contributed by atoms with van der Waals surface area (Å²) in [5, 5.41) is 0. The van der Waals surface area contributed by atoms with E-state index in [1.54, 1.807) is 0 Å². The molecular weight excluding hydrogens is 230 g/mol. The summed E-state index contributed by atoms with van der Waals surface area (Å²) in [6.45, 7) is 4.09. The number of rotatable bonds is 3. The summed E-state index contributed by atoms with van der Waals surface area (Å²) < 4.78 is 10.2. The van der Waals surface area contributed by atoms with Crippen molar-refractivity contribution in [1.29, 1.82) is 0 Å². The molecule has 0 amide bonds. The van der Waals surface area contributed by atoms with Gasteiger partial charge in [0.15, 0.2) is 6.10 Å². The third-order valence-corrected chi connectivity index (χ3v) is 3.25. The first-order valence-corrected chi connectivity index (χ1v) is 6.18. The van der Waals surface area contributed by atoms with Crippen LogP contribution < -0.4 is 0 Å². The van der Waals surface area contributed by atoms with Gasteiger partial charge >= 0.3 is 5.97 Å². The SMILES string of the molecule is COC(=O)C1CN(Cc2ccccc2)C(C)CO1. The predicted molar refractivity (Wildman–Crippen MR) is 68.1 cm³/mol. The second-order valence-electron chi connectivity index (χ2n) is 4.61. The molecule has 1 aliphatic heterocycles. The van der Waals surface area contributed by atoms with Crippen LogP contribution in [0.1, 0.15) is 12.5 Å². The number of carbonyl (C=O) groups is 1. The van der Waals surface area contributed by atoms with E-state index < -0.39 is 6.10 Å². The predicted octanol–water partition coefficient (Wildman–Crippen LogP) is 1.45. The van der Waals surface area contributed by atoms with Gasteiger partial charge in [-0.3, -0.25) is 4.90 Å². The van der Waals surface area contributed by atoms with Crippen molar-refractivity contribution in [1.82, 2.24) is 4.90 Å². The highest BCUT2D eigenvalue weighted by molar-refractivity contribution is 5.74. The third kappa shape index (κ3) is 3.09. The largest absolute Gasteiger partial charge is 0.467 e. The summed E-state index contributed by atoms with van der Waals surface area (Å²) in [7, 11) is 1.39. The number of hydrogen-bond donors (Lipinski definition) is 0. The van der Waals surface area contributed by atoms with Gasteiger partial charge in [0, 0.05) is 19.1 Å². The van der Waals surface area contributed by atoms with Crippen LogP contribution in [0, 0.1) is 0 Å². The Morgan fingerprint density at radius 3 is 2.83 bits per heavy atom. The topological polar surface area (TPSA) is 38.8 Å². The molecule has 1 saturated heterocycles. The molecule has 2 unspecified atom stereocenters. The number of esters is 1. The van der Waals surface area contributed by atoms with Gasteiger partial charge in [-0.15, -0.1) is 0 Å². The van der Waals surface area contributed by atoms with Gasteiger partial charge in [-0.1, -0.05) is 30.3 Å². The quantitative estimate of drug-likeness (QED) is 0.760. The fourth-order valence-electron chi connectivity index (χ4n) is 2.12. The van der Waals surface area contributed by atoms with E-state index in [0.29, 0.717) is 19.2 Å². The second kappa shape index (κ2) is 5.98. The third-order valence-electron chi connectivity index (χ3n) is 3.25. The summed E-state index contributed by atoms with van der Waals surface area (Å²) in [5.74, 6) is -0.292. The minimum absolute atomic E-state index is 0.292. The Bertz CT molecular complexity index is 393. The Morgan fingerprint density at radius 1 is 1.44 bits per heavy atom. The highest BCUT2D eigenvalue weighted by Crippen LogP contribution is 2.16. The Labute approximate surface area is 107 Å². The van der Waals surface area contributed by atoms with E-state index in [4.69, 9.17) is 9.47 Å². The van der Waals surface area contributed by atoms with Crippen LogP contribution in [-0.4, -0.2) is 43.3 Å². The maximum atomic E-state index is 11.5. The van der Waals surface area contributed by atoms with E-state index in [0.717, 1.165) is 6.54 Å². The van der Waals surface area contributed by atoms with E-state index in [-0.39, 0.29) is 5.97 Å². The first-order valence-electron chi connectivity index (χ1n) is 6.18. The Morgan fingerprint density at radius 2 is 2.17 bits per heavy atom. The fourth-order valence-corrected chi connectivity index (χ4v) is 2.12. The summed E-state index contributed by atoms with van der Waals surface area (Å²) in [5.41, 5.74) is 1.25. The van der Waals surface area contributed by atoms with Crippen LogP contribution in [0.15, 0.2) is 30.3 Å². The number of ether oxygens (including phenoxy) is 2. The fraction of sp³-hybridized carbons (Fsp3) is 0.500. The normalized spacial score (nSPS) is 24.8. The van der Waals surface area contributed by atoms with Crippen molar-refractivity contribution in [2.45, 2.75) is 25.6 Å². The molecule has 2 rings (SSSR count). The molecule has 18 heavy (non-hydrogen) atoms. The number of benzene rings is 1. The highest BCUT2D eigenvalue weighted by atomic mass is 16.6. The van der Waals surface area contributed by atoms with Crippen LogP contribution in [-0.2, 0) is 20.8 Å². The lowest BCUT2D eigenvalue weighted by Crippen LogP contribution is -2.50. The zero-order chi connectivity index (χ0) is 13.0. The standard InChI is InChI=1S/C14H19NO3/c1-11-10-18-13(14(16)17-2)9-15(11)8-12-6-4-3-5-7-12/h3-7,11,13H,8-10H2,1-2H3. The minimum atomic E-state index is -0.463. The number of morpholine rings is 1. The monoisotopic (exact) mass is 249 g/mol. The van der Waals surface area contributed by atoms with Crippen molar-refractivity contribution in [3.8, 4) is 0 Å². The van der Waals surface area contributed by atoms with Gasteiger partial charge in [-0.25, -0.2) is 4.79 Å². The Kier molecular flexibility index (Phi) is 4.33. The molecule has 0 aromatic heterocycles. The average Bonchev–Trinajstić information content (AvgIpc) is 2.41. The molecule has 0 bridgehead atoms. The van der Waals surface area contributed by atoms with Crippen LogP contribution >= 0.6 is 0 Å². The van der Waals surface area contributed by atoms with Gasteiger partial charge in [-0.2, -0.15) is 0 Å². The van der Waals surface area contributed by atoms with Crippen molar-refractivity contribution >= 4 is 5.97 Å². The molecule has 1 aliphatic rings. The summed E-state index contributed by atoms with van der Waals surface area (Å²) in [6.07, 6.45) is -0.463. The maximum Gasteiger partial charge on any atom is 0.336 e. The molecule has 4 nitrogen and oxygen atoms in total. The lowest BCUT2D eigenvalue weighted by molar-refractivity contribution is -0.163. The van der Waals surface area contributed by atoms with Crippen LogP contribution in [0.3, 0.4) is 0 Å². The molecule has 1 aromatic rings. The minimum Gasteiger partial charge on any atom is -0.467 e. The lowest BCUT2D eigenvalue weighted by Gasteiger charge is -2.36. The Balaban J connectivity index is 2.00. The number of nitrogens with zero attached hydrogens (tertiary/aromatic N) is 1. The van der Waals surface area contributed by atoms with E-state index in [1.807, 2.05) is 18.2 Å². The molecule has 0 aliphatic carbocycles. The second-order valence-corrected chi connectivity index (χ2v) is 4.61. The molecule has 1 aromatic carbocycles. The van der Waals surface area contributed by atoms with Crippen LogP contribution in [0.4, 0.5) is 0 Å². The van der Waals surface area contributed by atoms with Crippen molar-refractivity contribution in [3.05, 3.63) is 35.9 Å². The maximum absolute atomic E-state index is 11.5. The molecule has 0 spiro atoms. The highest BCUT2D eigenvalue weighted by Gasteiger charge is 2.31. The Hall–Kier alpha value is -1.39. The summed E-state index contributed by atoms with van der Waals surface area (Å²) in [4.78, 5) is 13.7. The summed E-state index contributed by atoms with van der Waals surface area (Å²) in [6, 6.07) is 10.6. The van der Waals surface area contributed by atoms with E-state index >= 15 is 0 Å². The molecule has 98 valence electrons. The van der Waals surface area contributed by atoms with E-state index in [2.05, 4.69) is 24.0 Å². The lowest BCUT2D eigenvalue weighted by atomic mass is 10.1. The van der Waals surface area contributed by atoms with Crippen molar-refractivity contribution in [2.24, 2.45) is 0 Å². The van der Waals surface area contributed by atoms with E-state index in [9.17, 15) is 4.79 Å². The van der Waals surface area contributed by atoms with Gasteiger partial charge < -0.3 is 9.47 Å². The molecule has 0 N–H and O–H groups in total. The van der Waals surface area contributed by atoms with Gasteiger partial charge in [0.2, 0.25) is 0 Å². The van der Waals surface area contributed by atoms with Crippen molar-refractivity contribution < 1.29 is 14.3 Å². The van der Waals surface area contributed by atoms with Crippen LogP contribution in [0.5, 0.6) is 0 Å². The van der Waals surface area contributed by atoms with E-state index in [1.165, 1.54) is 12.7 Å². The molecule has 1 heterocycles. The molecule has 2 atom stereocenters. The molecule has 4 heteroatoms. The number of methoxy groups -OCH3 is 1. The first kappa shape index (κ1) is 13.1. The zero-order valence-corrected chi connectivity index (χ0v) is 10.8. The van der Waals surface area contributed by atoms with Crippen LogP contribution in [0.2, 0.25) is 0 Å². The zero-order valence-electron chi connectivity index (χ0n) is 10.8. The smallest absolute Gasteiger partial charge is 0.336 e. The van der Waals surface area contributed by atoms with Crippen molar-refractivity contribution in [3.63, 3.8) is 0 Å². The van der Waals surface area contributed by atoms with Gasteiger partial charge in [-0.05, 0) is 12.5 Å². The first-order chi connectivity index (χ1) is 8.70.